The van der Waals surface area contributed by atoms with Crippen molar-refractivity contribution in [3.05, 3.63) is 67.8 Å². The van der Waals surface area contributed by atoms with Crippen LogP contribution in [0.4, 0.5) is 5.82 Å². The van der Waals surface area contributed by atoms with Gasteiger partial charge in [0.15, 0.2) is 0 Å². The highest BCUT2D eigenvalue weighted by atomic mass is 32.2. The molecule has 0 atom stereocenters. The van der Waals surface area contributed by atoms with Gasteiger partial charge in [0, 0.05) is 44.8 Å². The van der Waals surface area contributed by atoms with Crippen LogP contribution in [0.2, 0.25) is 0 Å². The van der Waals surface area contributed by atoms with Gasteiger partial charge in [0.05, 0.1) is 4.91 Å². The minimum Gasteiger partial charge on any atom is -0.355 e. The number of nitrogens with zero attached hydrogens (tertiary/aromatic N) is 5. The summed E-state index contributed by atoms with van der Waals surface area (Å²) in [6.45, 7) is 7.92. The van der Waals surface area contributed by atoms with Gasteiger partial charge >= 0.3 is 0 Å². The molecule has 182 valence electrons. The highest BCUT2D eigenvalue weighted by Crippen LogP contribution is 2.36. The molecule has 0 unspecified atom stereocenters. The van der Waals surface area contributed by atoms with Gasteiger partial charge in [-0.2, -0.15) is 5.26 Å². The smallest absolute Gasteiger partial charge is 0.270 e. The molecule has 2 saturated heterocycles. The quantitative estimate of drug-likeness (QED) is 0.439. The largest absolute Gasteiger partial charge is 0.355 e. The monoisotopic (exact) mass is 507 g/mol. The fourth-order valence-corrected chi connectivity index (χ4v) is 5.80. The van der Waals surface area contributed by atoms with Crippen LogP contribution in [-0.4, -0.2) is 64.4 Å². The van der Waals surface area contributed by atoms with Crippen LogP contribution in [-0.2, 0) is 17.8 Å². The van der Waals surface area contributed by atoms with Crippen molar-refractivity contribution in [1.29, 1.82) is 5.26 Å². The maximum absolute atomic E-state index is 13.4. The van der Waals surface area contributed by atoms with Gasteiger partial charge in [-0.3, -0.25) is 19.1 Å². The third-order valence-corrected chi connectivity index (χ3v) is 7.96. The number of carbonyl (C=O) groups is 1. The third-order valence-electron chi connectivity index (χ3n) is 6.58. The summed E-state index contributed by atoms with van der Waals surface area (Å²) in [7, 11) is 2.08. The molecule has 0 aliphatic carbocycles. The summed E-state index contributed by atoms with van der Waals surface area (Å²) < 4.78 is 2.19. The first-order valence-electron chi connectivity index (χ1n) is 11.8. The van der Waals surface area contributed by atoms with Crippen molar-refractivity contribution in [2.45, 2.75) is 26.8 Å². The van der Waals surface area contributed by atoms with Crippen molar-refractivity contribution < 1.29 is 4.79 Å². The van der Waals surface area contributed by atoms with Crippen LogP contribution < -0.4 is 10.5 Å². The van der Waals surface area contributed by atoms with E-state index in [-0.39, 0.29) is 17.0 Å². The van der Waals surface area contributed by atoms with Gasteiger partial charge in [-0.15, -0.1) is 0 Å². The van der Waals surface area contributed by atoms with E-state index in [0.717, 1.165) is 43.1 Å². The van der Waals surface area contributed by atoms with Crippen molar-refractivity contribution in [2.24, 2.45) is 0 Å². The lowest BCUT2D eigenvalue weighted by Crippen LogP contribution is -2.47. The van der Waals surface area contributed by atoms with Crippen molar-refractivity contribution in [3.63, 3.8) is 0 Å². The highest BCUT2D eigenvalue weighted by Gasteiger charge is 2.33. The first-order chi connectivity index (χ1) is 16.8. The van der Waals surface area contributed by atoms with Gasteiger partial charge < -0.3 is 9.80 Å². The third kappa shape index (κ3) is 5.06. The van der Waals surface area contributed by atoms with Crippen LogP contribution in [0.15, 0.2) is 40.0 Å². The number of pyridine rings is 1. The number of thiocarbonyl (C=S) groups is 1. The molecule has 2 fully saturated rings. The van der Waals surface area contributed by atoms with E-state index in [1.54, 1.807) is 16.4 Å². The molecule has 4 rings (SSSR count). The number of amides is 1. The summed E-state index contributed by atoms with van der Waals surface area (Å²) in [5.74, 6) is 0.643. The predicted octanol–water partition coefficient (Wildman–Crippen LogP) is 3.24. The minimum atomic E-state index is -0.283. The summed E-state index contributed by atoms with van der Waals surface area (Å²) in [6.07, 6.45) is 2.54. The second kappa shape index (κ2) is 10.8. The van der Waals surface area contributed by atoms with Crippen LogP contribution in [0.25, 0.3) is 6.08 Å². The van der Waals surface area contributed by atoms with E-state index in [0.29, 0.717) is 34.3 Å². The molecule has 0 saturated carbocycles. The van der Waals surface area contributed by atoms with Crippen LogP contribution >= 0.6 is 24.0 Å². The van der Waals surface area contributed by atoms with Crippen LogP contribution in [0.3, 0.4) is 0 Å². The number of benzene rings is 1. The van der Waals surface area contributed by atoms with Crippen molar-refractivity contribution in [3.8, 4) is 6.07 Å². The Morgan fingerprint density at radius 3 is 2.46 bits per heavy atom. The molecular formula is C26H29N5O2S2. The summed E-state index contributed by atoms with van der Waals surface area (Å²) in [6, 6.07) is 12.1. The lowest BCUT2D eigenvalue weighted by atomic mass is 10.0. The second-order valence-corrected chi connectivity index (χ2v) is 10.4. The van der Waals surface area contributed by atoms with Gasteiger partial charge in [-0.1, -0.05) is 54.3 Å². The van der Waals surface area contributed by atoms with E-state index in [2.05, 4.69) is 22.9 Å². The van der Waals surface area contributed by atoms with Crippen LogP contribution in [0.1, 0.15) is 29.2 Å². The molecule has 2 aromatic rings. The number of rotatable bonds is 6. The zero-order valence-electron chi connectivity index (χ0n) is 20.3. The number of hydrogen-bond donors (Lipinski definition) is 0. The van der Waals surface area contributed by atoms with Gasteiger partial charge in [0.25, 0.3) is 11.5 Å². The molecule has 0 spiro atoms. The first kappa shape index (κ1) is 25.2. The molecule has 9 heteroatoms. The molecule has 7 nitrogen and oxygen atoms in total. The standard InChI is InChI=1S/C26H29N5O2S2/c1-4-30-23(29-14-12-28(3)13-15-29)20(18(2)21(17-27)24(30)32)16-22-25(33)31(26(34)35-22)11-10-19-8-6-5-7-9-19/h5-9,16H,4,10-15H2,1-3H3. The molecule has 1 aromatic carbocycles. The van der Waals surface area contributed by atoms with E-state index in [1.807, 2.05) is 43.3 Å². The fraction of sp³-hybridized carbons (Fsp3) is 0.385. The first-order valence-corrected chi connectivity index (χ1v) is 13.0. The lowest BCUT2D eigenvalue weighted by Gasteiger charge is -2.36. The molecule has 35 heavy (non-hydrogen) atoms. The Morgan fingerprint density at radius 1 is 1.14 bits per heavy atom. The Balaban J connectivity index is 1.74. The van der Waals surface area contributed by atoms with Gasteiger partial charge in [0.1, 0.15) is 21.8 Å². The van der Waals surface area contributed by atoms with E-state index in [1.165, 1.54) is 11.8 Å². The maximum Gasteiger partial charge on any atom is 0.270 e. The Kier molecular flexibility index (Phi) is 7.75. The molecular weight excluding hydrogens is 478 g/mol. The Hall–Kier alpha value is -2.93. The number of aromatic nitrogens is 1. The Labute approximate surface area is 215 Å². The highest BCUT2D eigenvalue weighted by molar-refractivity contribution is 8.26. The Bertz CT molecular complexity index is 1270. The van der Waals surface area contributed by atoms with E-state index < -0.39 is 0 Å². The maximum atomic E-state index is 13.4. The van der Waals surface area contributed by atoms with Crippen molar-refractivity contribution in [2.75, 3.05) is 44.7 Å². The summed E-state index contributed by atoms with van der Waals surface area (Å²) in [5, 5.41) is 9.75. The van der Waals surface area contributed by atoms with E-state index in [4.69, 9.17) is 12.2 Å². The Morgan fingerprint density at radius 2 is 1.83 bits per heavy atom. The topological polar surface area (TPSA) is 72.6 Å². The molecule has 3 heterocycles. The molecule has 2 aliphatic rings. The number of thioether (sulfide) groups is 1. The number of piperazine rings is 1. The van der Waals surface area contributed by atoms with Crippen molar-refractivity contribution >= 4 is 46.1 Å². The number of nitriles is 1. The summed E-state index contributed by atoms with van der Waals surface area (Å²) in [5.41, 5.74) is 2.33. The van der Waals surface area contributed by atoms with Gasteiger partial charge in [0.2, 0.25) is 0 Å². The molecule has 1 aromatic heterocycles. The van der Waals surface area contributed by atoms with E-state index >= 15 is 0 Å². The predicted molar refractivity (Wildman–Crippen MR) is 146 cm³/mol. The number of hydrogen-bond acceptors (Lipinski definition) is 7. The zero-order valence-corrected chi connectivity index (χ0v) is 21.9. The molecule has 0 N–H and O–H groups in total. The minimum absolute atomic E-state index is 0.121. The summed E-state index contributed by atoms with van der Waals surface area (Å²) >= 11 is 6.83. The van der Waals surface area contributed by atoms with Gasteiger partial charge in [-0.25, -0.2) is 0 Å². The van der Waals surface area contributed by atoms with Crippen LogP contribution in [0.5, 0.6) is 0 Å². The molecule has 0 bridgehead atoms. The number of carbonyl (C=O) groups excluding carboxylic acids is 1. The SMILES string of the molecule is CCn1c(N2CCN(C)CC2)c(C=C2SC(=S)N(CCc3ccccc3)C2=O)c(C)c(C#N)c1=O. The zero-order chi connectivity index (χ0) is 25.1. The normalized spacial score (nSPS) is 17.9. The molecule has 2 aliphatic heterocycles. The molecule has 0 radical (unpaired) electrons. The second-order valence-electron chi connectivity index (χ2n) is 8.76. The average Bonchev–Trinajstić information content (AvgIpc) is 3.12. The number of likely N-dealkylation sites (N-methyl/N-ethyl adjacent to an activating group) is 1. The molecule has 1 amide bonds. The van der Waals surface area contributed by atoms with Gasteiger partial charge in [-0.05, 0) is 44.5 Å². The fourth-order valence-electron chi connectivity index (χ4n) is 4.51. The van der Waals surface area contributed by atoms with Crippen molar-refractivity contribution in [1.82, 2.24) is 14.4 Å². The van der Waals surface area contributed by atoms with Crippen LogP contribution in [0, 0.1) is 18.3 Å². The lowest BCUT2D eigenvalue weighted by molar-refractivity contribution is -0.122. The number of anilines is 1. The van der Waals surface area contributed by atoms with E-state index in [9.17, 15) is 14.9 Å². The summed E-state index contributed by atoms with van der Waals surface area (Å²) in [4.78, 5) is 33.1. The average molecular weight is 508 g/mol.